The topological polar surface area (TPSA) is 66.8 Å². The van der Waals surface area contributed by atoms with E-state index in [9.17, 15) is 9.59 Å². The highest BCUT2D eigenvalue weighted by atomic mass is 16.5. The van der Waals surface area contributed by atoms with Crippen LogP contribution in [0.25, 0.3) is 0 Å². The van der Waals surface area contributed by atoms with E-state index in [1.165, 1.54) is 4.90 Å². The monoisotopic (exact) mass is 261 g/mol. The number of benzene rings is 1. The second kappa shape index (κ2) is 5.56. The fourth-order valence-electron chi connectivity index (χ4n) is 2.02. The van der Waals surface area contributed by atoms with E-state index < -0.39 is 5.97 Å². The van der Waals surface area contributed by atoms with Crippen molar-refractivity contribution < 1.29 is 19.4 Å². The number of hydrogen-bond acceptors (Lipinski definition) is 3. The number of carboxylic acids is 1. The molecule has 0 bridgehead atoms. The molecule has 1 aromatic rings. The number of amides is 1. The summed E-state index contributed by atoms with van der Waals surface area (Å²) in [5, 5.41) is 8.86. The molecule has 0 unspecified atom stereocenters. The molecule has 100 valence electrons. The predicted octanol–water partition coefficient (Wildman–Crippen LogP) is 1.09. The van der Waals surface area contributed by atoms with Crippen LogP contribution in [-0.2, 0) is 16.0 Å². The summed E-state index contributed by atoms with van der Waals surface area (Å²) in [5.74, 6) is -0.397. The Kier molecular flexibility index (Phi) is 3.85. The van der Waals surface area contributed by atoms with E-state index in [-0.39, 0.29) is 24.4 Å². The fourth-order valence-corrected chi connectivity index (χ4v) is 2.02. The maximum Gasteiger partial charge on any atom is 0.333 e. The molecule has 0 aliphatic carbocycles. The van der Waals surface area contributed by atoms with Crippen molar-refractivity contribution in [1.29, 1.82) is 0 Å². The quantitative estimate of drug-likeness (QED) is 0.881. The van der Waals surface area contributed by atoms with Gasteiger partial charge in [-0.2, -0.15) is 0 Å². The van der Waals surface area contributed by atoms with Crippen LogP contribution in [0.4, 0.5) is 0 Å². The second-order valence-corrected chi connectivity index (χ2v) is 4.30. The Morgan fingerprint density at radius 1 is 1.37 bits per heavy atom. The molecule has 1 N–H and O–H groups in total. The van der Waals surface area contributed by atoms with Crippen molar-refractivity contribution in [2.24, 2.45) is 0 Å². The van der Waals surface area contributed by atoms with Gasteiger partial charge in [0.05, 0.1) is 25.6 Å². The number of ether oxygens (including phenoxy) is 1. The molecule has 0 radical (unpaired) electrons. The second-order valence-electron chi connectivity index (χ2n) is 4.30. The molecule has 1 heterocycles. The van der Waals surface area contributed by atoms with Gasteiger partial charge in [-0.3, -0.25) is 4.79 Å². The van der Waals surface area contributed by atoms with E-state index in [2.05, 4.69) is 0 Å². The van der Waals surface area contributed by atoms with Crippen LogP contribution in [-0.4, -0.2) is 42.1 Å². The molecule has 0 aromatic heterocycles. The summed E-state index contributed by atoms with van der Waals surface area (Å²) < 4.78 is 5.19. The molecule has 2 rings (SSSR count). The normalized spacial score (nSPS) is 14.2. The molecule has 0 saturated carbocycles. The van der Waals surface area contributed by atoms with E-state index in [1.807, 2.05) is 18.2 Å². The van der Waals surface area contributed by atoms with Crippen molar-refractivity contribution in [1.82, 2.24) is 4.90 Å². The molecule has 0 fully saturated rings. The van der Waals surface area contributed by atoms with Crippen LogP contribution in [0.5, 0.6) is 5.75 Å². The fraction of sp³-hybridized carbons (Fsp3) is 0.286. The van der Waals surface area contributed by atoms with Crippen molar-refractivity contribution in [3.05, 3.63) is 41.5 Å². The lowest BCUT2D eigenvalue weighted by Crippen LogP contribution is -2.31. The number of nitrogens with zero attached hydrogens (tertiary/aromatic N) is 1. The van der Waals surface area contributed by atoms with Gasteiger partial charge >= 0.3 is 5.97 Å². The van der Waals surface area contributed by atoms with Crippen molar-refractivity contribution in [3.8, 4) is 5.75 Å². The molecule has 1 aliphatic heterocycles. The predicted molar refractivity (Wildman–Crippen MR) is 69.0 cm³/mol. The average Bonchev–Trinajstić information content (AvgIpc) is 2.89. The van der Waals surface area contributed by atoms with Crippen molar-refractivity contribution in [2.45, 2.75) is 6.42 Å². The third kappa shape index (κ3) is 2.93. The Labute approximate surface area is 111 Å². The lowest BCUT2D eigenvalue weighted by molar-refractivity contribution is -0.133. The van der Waals surface area contributed by atoms with Crippen LogP contribution in [0.15, 0.2) is 35.9 Å². The third-order valence-corrected chi connectivity index (χ3v) is 3.08. The highest BCUT2D eigenvalue weighted by Crippen LogP contribution is 2.19. The molecule has 0 saturated heterocycles. The number of aliphatic carboxylic acids is 1. The van der Waals surface area contributed by atoms with Gasteiger partial charge in [0.1, 0.15) is 5.75 Å². The summed E-state index contributed by atoms with van der Waals surface area (Å²) >= 11 is 0. The van der Waals surface area contributed by atoms with Gasteiger partial charge < -0.3 is 14.7 Å². The summed E-state index contributed by atoms with van der Waals surface area (Å²) in [7, 11) is 1.56. The maximum atomic E-state index is 12.1. The number of para-hydroxylation sites is 1. The zero-order chi connectivity index (χ0) is 13.8. The van der Waals surface area contributed by atoms with E-state index >= 15 is 0 Å². The van der Waals surface area contributed by atoms with Crippen molar-refractivity contribution in [2.75, 3.05) is 20.2 Å². The Balaban J connectivity index is 2.01. The van der Waals surface area contributed by atoms with E-state index in [1.54, 1.807) is 19.3 Å². The van der Waals surface area contributed by atoms with Crippen LogP contribution < -0.4 is 4.74 Å². The number of methoxy groups -OCH3 is 1. The smallest absolute Gasteiger partial charge is 0.333 e. The Bertz CT molecular complexity index is 536. The van der Waals surface area contributed by atoms with Gasteiger partial charge in [0.25, 0.3) is 0 Å². The summed E-state index contributed by atoms with van der Waals surface area (Å²) in [6.45, 7) is 0.527. The van der Waals surface area contributed by atoms with Gasteiger partial charge in [-0.1, -0.05) is 24.3 Å². The number of carbonyl (C=O) groups is 2. The summed E-state index contributed by atoms with van der Waals surface area (Å²) in [4.78, 5) is 24.4. The van der Waals surface area contributed by atoms with Crippen molar-refractivity contribution in [3.63, 3.8) is 0 Å². The summed E-state index contributed by atoms with van der Waals surface area (Å²) in [5.41, 5.74) is 1.08. The third-order valence-electron chi connectivity index (χ3n) is 3.08. The minimum Gasteiger partial charge on any atom is -0.496 e. The van der Waals surface area contributed by atoms with Gasteiger partial charge in [0.2, 0.25) is 5.91 Å². The minimum atomic E-state index is -0.965. The first-order valence-corrected chi connectivity index (χ1v) is 5.94. The van der Waals surface area contributed by atoms with Gasteiger partial charge in [-0.25, -0.2) is 4.79 Å². The highest BCUT2D eigenvalue weighted by molar-refractivity contribution is 5.90. The van der Waals surface area contributed by atoms with Crippen LogP contribution in [0, 0.1) is 0 Å². The average molecular weight is 261 g/mol. The lowest BCUT2D eigenvalue weighted by atomic mass is 10.1. The molecule has 5 heteroatoms. The van der Waals surface area contributed by atoms with Gasteiger partial charge in [-0.15, -0.1) is 0 Å². The first-order chi connectivity index (χ1) is 9.11. The number of rotatable bonds is 4. The van der Waals surface area contributed by atoms with Crippen LogP contribution in [0.3, 0.4) is 0 Å². The largest absolute Gasteiger partial charge is 0.496 e. The molecule has 5 nitrogen and oxygen atoms in total. The van der Waals surface area contributed by atoms with Gasteiger partial charge in [-0.05, 0) is 6.07 Å². The first kappa shape index (κ1) is 13.1. The van der Waals surface area contributed by atoms with E-state index in [4.69, 9.17) is 9.84 Å². The molecule has 19 heavy (non-hydrogen) atoms. The zero-order valence-corrected chi connectivity index (χ0v) is 10.6. The summed E-state index contributed by atoms with van der Waals surface area (Å²) in [6, 6.07) is 7.31. The van der Waals surface area contributed by atoms with E-state index in [0.717, 1.165) is 5.56 Å². The Hall–Kier alpha value is -2.30. The Morgan fingerprint density at radius 3 is 2.74 bits per heavy atom. The highest BCUT2D eigenvalue weighted by Gasteiger charge is 2.23. The molecule has 1 aliphatic rings. The van der Waals surface area contributed by atoms with Gasteiger partial charge in [0.15, 0.2) is 0 Å². The zero-order valence-electron chi connectivity index (χ0n) is 10.6. The molecule has 1 amide bonds. The molecule has 0 spiro atoms. The SMILES string of the molecule is COc1ccccc1CC(=O)N1CC=C(C(=O)O)C1. The van der Waals surface area contributed by atoms with Crippen LogP contribution >= 0.6 is 0 Å². The molecular formula is C14H15NO4. The van der Waals surface area contributed by atoms with Crippen molar-refractivity contribution >= 4 is 11.9 Å². The molecule has 1 aromatic carbocycles. The number of carbonyl (C=O) groups excluding carboxylic acids is 1. The Morgan fingerprint density at radius 2 is 2.11 bits per heavy atom. The van der Waals surface area contributed by atoms with Crippen LogP contribution in [0.2, 0.25) is 0 Å². The number of hydrogen-bond donors (Lipinski definition) is 1. The molecule has 0 atom stereocenters. The minimum absolute atomic E-state index is 0.1000. The van der Waals surface area contributed by atoms with Crippen LogP contribution in [0.1, 0.15) is 5.56 Å². The standard InChI is InChI=1S/C14H15NO4/c1-19-12-5-3-2-4-10(12)8-13(16)15-7-6-11(9-15)14(17)18/h2-6H,7-9H2,1H3,(H,17,18). The van der Waals surface area contributed by atoms with E-state index in [0.29, 0.717) is 12.3 Å². The number of carboxylic acid groups (broad SMARTS) is 1. The van der Waals surface area contributed by atoms with Gasteiger partial charge in [0, 0.05) is 12.1 Å². The lowest BCUT2D eigenvalue weighted by Gasteiger charge is -2.16. The summed E-state index contributed by atoms with van der Waals surface area (Å²) in [6.07, 6.45) is 1.78. The maximum absolute atomic E-state index is 12.1. The molecular weight excluding hydrogens is 246 g/mol. The first-order valence-electron chi connectivity index (χ1n) is 5.94.